The van der Waals surface area contributed by atoms with Gasteiger partial charge in [-0.15, -0.1) is 0 Å². The third-order valence-electron chi connectivity index (χ3n) is 2.20. The van der Waals surface area contributed by atoms with Crippen LogP contribution in [0.4, 0.5) is 4.39 Å². The number of hydrogen-bond donors (Lipinski definition) is 0. The van der Waals surface area contributed by atoms with Gasteiger partial charge < -0.3 is 4.74 Å². The first-order valence-electron chi connectivity index (χ1n) is 4.31. The summed E-state index contributed by atoms with van der Waals surface area (Å²) >= 11 is 3.09. The normalized spacial score (nSPS) is 21.0. The zero-order valence-electron chi connectivity index (χ0n) is 7.30. The highest BCUT2D eigenvalue weighted by atomic mass is 79.9. The largest absolute Gasteiger partial charge is 0.457 e. The predicted octanol–water partition coefficient (Wildman–Crippen LogP) is 2.97. The van der Waals surface area contributed by atoms with Crippen molar-refractivity contribution in [2.45, 2.75) is 18.9 Å². The van der Waals surface area contributed by atoms with E-state index in [0.717, 1.165) is 5.56 Å². The Morgan fingerprint density at radius 3 is 2.86 bits per heavy atom. The van der Waals surface area contributed by atoms with Gasteiger partial charge in [-0.1, -0.05) is 6.07 Å². The van der Waals surface area contributed by atoms with Crippen LogP contribution in [0.2, 0.25) is 0 Å². The molecular weight excluding hydrogens is 251 g/mol. The third kappa shape index (κ3) is 1.80. The monoisotopic (exact) mass is 258 g/mol. The van der Waals surface area contributed by atoms with Crippen LogP contribution in [0, 0.1) is 5.82 Å². The van der Waals surface area contributed by atoms with Gasteiger partial charge in [-0.3, -0.25) is 4.79 Å². The number of halogens is 2. The second-order valence-electron chi connectivity index (χ2n) is 3.19. The van der Waals surface area contributed by atoms with E-state index in [1.165, 1.54) is 6.07 Å². The quantitative estimate of drug-likeness (QED) is 0.725. The van der Waals surface area contributed by atoms with E-state index in [-0.39, 0.29) is 17.9 Å². The highest BCUT2D eigenvalue weighted by Gasteiger charge is 2.25. The molecule has 0 unspecified atom stereocenters. The van der Waals surface area contributed by atoms with E-state index in [2.05, 4.69) is 15.9 Å². The van der Waals surface area contributed by atoms with E-state index in [9.17, 15) is 9.18 Å². The summed E-state index contributed by atoms with van der Waals surface area (Å²) < 4.78 is 18.4. The average Bonchev–Trinajstić information content (AvgIpc) is 2.57. The van der Waals surface area contributed by atoms with Gasteiger partial charge in [-0.2, -0.15) is 0 Å². The van der Waals surface area contributed by atoms with Gasteiger partial charge in [-0.05, 0) is 40.0 Å². The van der Waals surface area contributed by atoms with E-state index in [1.54, 1.807) is 12.1 Å². The van der Waals surface area contributed by atoms with Crippen molar-refractivity contribution in [1.29, 1.82) is 0 Å². The predicted molar refractivity (Wildman–Crippen MR) is 52.2 cm³/mol. The summed E-state index contributed by atoms with van der Waals surface area (Å²) in [5.74, 6) is -0.492. The molecule has 0 saturated carbocycles. The number of benzene rings is 1. The molecule has 14 heavy (non-hydrogen) atoms. The molecule has 0 aromatic heterocycles. The minimum Gasteiger partial charge on any atom is -0.457 e. The van der Waals surface area contributed by atoms with E-state index in [0.29, 0.717) is 17.3 Å². The number of carbonyl (C=O) groups is 1. The van der Waals surface area contributed by atoms with Crippen LogP contribution in [0.15, 0.2) is 22.7 Å². The number of carbonyl (C=O) groups excluding carboxylic acids is 1. The van der Waals surface area contributed by atoms with E-state index in [4.69, 9.17) is 4.74 Å². The summed E-state index contributed by atoms with van der Waals surface area (Å²) in [5.41, 5.74) is 0.837. The molecule has 1 aliphatic rings. The van der Waals surface area contributed by atoms with Gasteiger partial charge in [0.25, 0.3) is 0 Å². The van der Waals surface area contributed by atoms with Crippen molar-refractivity contribution in [3.8, 4) is 0 Å². The van der Waals surface area contributed by atoms with Gasteiger partial charge in [0.05, 0.1) is 4.47 Å². The fourth-order valence-corrected chi connectivity index (χ4v) is 1.87. The fraction of sp³-hybridized carbons (Fsp3) is 0.300. The highest BCUT2D eigenvalue weighted by Crippen LogP contribution is 2.31. The van der Waals surface area contributed by atoms with Gasteiger partial charge in [0.2, 0.25) is 0 Å². The third-order valence-corrected chi connectivity index (χ3v) is 2.81. The Morgan fingerprint density at radius 1 is 1.50 bits per heavy atom. The lowest BCUT2D eigenvalue weighted by molar-refractivity contribution is -0.141. The lowest BCUT2D eigenvalue weighted by Crippen LogP contribution is -1.98. The second-order valence-corrected chi connectivity index (χ2v) is 4.05. The molecule has 0 spiro atoms. The molecule has 0 bridgehead atoms. The Morgan fingerprint density at radius 2 is 2.29 bits per heavy atom. The Bertz CT molecular complexity index is 378. The summed E-state index contributed by atoms with van der Waals surface area (Å²) in [5, 5.41) is 0. The molecule has 0 amide bonds. The lowest BCUT2D eigenvalue weighted by Gasteiger charge is -2.09. The van der Waals surface area contributed by atoms with Crippen molar-refractivity contribution < 1.29 is 13.9 Å². The van der Waals surface area contributed by atoms with Gasteiger partial charge in [-0.25, -0.2) is 4.39 Å². The molecule has 2 rings (SSSR count). The summed E-state index contributed by atoms with van der Waals surface area (Å²) in [6.07, 6.45) is 0.913. The van der Waals surface area contributed by atoms with Crippen LogP contribution in [-0.4, -0.2) is 5.97 Å². The first-order chi connectivity index (χ1) is 6.66. The van der Waals surface area contributed by atoms with Crippen molar-refractivity contribution in [3.05, 3.63) is 34.1 Å². The van der Waals surface area contributed by atoms with Gasteiger partial charge in [0.1, 0.15) is 11.9 Å². The summed E-state index contributed by atoms with van der Waals surface area (Å²) in [4.78, 5) is 10.9. The second kappa shape index (κ2) is 3.69. The average molecular weight is 259 g/mol. The molecule has 1 saturated heterocycles. The number of cyclic esters (lactones) is 1. The maximum Gasteiger partial charge on any atom is 0.306 e. The Labute approximate surface area is 89.2 Å². The topological polar surface area (TPSA) is 26.3 Å². The van der Waals surface area contributed by atoms with Gasteiger partial charge >= 0.3 is 5.97 Å². The number of ether oxygens (including phenoxy) is 1. The van der Waals surface area contributed by atoms with Crippen LogP contribution in [0.5, 0.6) is 0 Å². The lowest BCUT2D eigenvalue weighted by atomic mass is 10.1. The van der Waals surface area contributed by atoms with Crippen LogP contribution in [0.1, 0.15) is 24.5 Å². The number of esters is 1. The van der Waals surface area contributed by atoms with Crippen LogP contribution in [0.25, 0.3) is 0 Å². The first-order valence-corrected chi connectivity index (χ1v) is 5.10. The van der Waals surface area contributed by atoms with Crippen LogP contribution in [0.3, 0.4) is 0 Å². The molecule has 0 aliphatic carbocycles. The molecular formula is C10H8BrFO2. The summed E-state index contributed by atoms with van der Waals surface area (Å²) in [6, 6.07) is 4.66. The molecule has 0 N–H and O–H groups in total. The van der Waals surface area contributed by atoms with E-state index in [1.807, 2.05) is 0 Å². The van der Waals surface area contributed by atoms with Crippen molar-refractivity contribution >= 4 is 21.9 Å². The van der Waals surface area contributed by atoms with Crippen molar-refractivity contribution in [2.24, 2.45) is 0 Å². The summed E-state index contributed by atoms with van der Waals surface area (Å²) in [7, 11) is 0. The van der Waals surface area contributed by atoms with Crippen molar-refractivity contribution in [1.82, 2.24) is 0 Å². The minimum atomic E-state index is -0.307. The molecule has 74 valence electrons. The van der Waals surface area contributed by atoms with Crippen LogP contribution < -0.4 is 0 Å². The van der Waals surface area contributed by atoms with Crippen LogP contribution >= 0.6 is 15.9 Å². The molecule has 1 aliphatic heterocycles. The van der Waals surface area contributed by atoms with Gasteiger partial charge in [0, 0.05) is 6.42 Å². The van der Waals surface area contributed by atoms with Crippen molar-refractivity contribution in [3.63, 3.8) is 0 Å². The van der Waals surface area contributed by atoms with Crippen molar-refractivity contribution in [2.75, 3.05) is 0 Å². The first kappa shape index (κ1) is 9.65. The Hall–Kier alpha value is -0.900. The standard InChI is InChI=1S/C10H8BrFO2/c11-7-5-6(1-2-8(7)12)9-3-4-10(13)14-9/h1-2,5,9H,3-4H2/t9-/m1/s1. The SMILES string of the molecule is O=C1CC[C@H](c2ccc(F)c(Br)c2)O1. The number of rotatable bonds is 1. The van der Waals surface area contributed by atoms with Gasteiger partial charge in [0.15, 0.2) is 0 Å². The molecule has 1 aromatic carbocycles. The maximum absolute atomic E-state index is 12.9. The molecule has 1 heterocycles. The zero-order valence-corrected chi connectivity index (χ0v) is 8.88. The Balaban J connectivity index is 2.24. The zero-order chi connectivity index (χ0) is 10.1. The smallest absolute Gasteiger partial charge is 0.306 e. The van der Waals surface area contributed by atoms with E-state index >= 15 is 0 Å². The van der Waals surface area contributed by atoms with E-state index < -0.39 is 0 Å². The minimum absolute atomic E-state index is 0.185. The molecule has 1 aromatic rings. The summed E-state index contributed by atoms with van der Waals surface area (Å²) in [6.45, 7) is 0. The molecule has 1 atom stereocenters. The highest BCUT2D eigenvalue weighted by molar-refractivity contribution is 9.10. The van der Waals surface area contributed by atoms with Crippen LogP contribution in [-0.2, 0) is 9.53 Å². The molecule has 0 radical (unpaired) electrons. The molecule has 1 fully saturated rings. The molecule has 2 nitrogen and oxygen atoms in total. The maximum atomic E-state index is 12.9. The number of hydrogen-bond acceptors (Lipinski definition) is 2. The Kier molecular flexibility index (Phi) is 2.54. The fourth-order valence-electron chi connectivity index (χ4n) is 1.47. The molecule has 4 heteroatoms.